The first-order valence-corrected chi connectivity index (χ1v) is 14.9. The highest BCUT2D eigenvalue weighted by molar-refractivity contribution is 5.89. The molecule has 0 saturated carbocycles. The Hall–Kier alpha value is -3.90. The van der Waals surface area contributed by atoms with Crippen LogP contribution in [0.1, 0.15) is 59.7 Å². The number of nitrogens with zero attached hydrogens (tertiary/aromatic N) is 1. The van der Waals surface area contributed by atoms with Crippen molar-refractivity contribution in [1.29, 1.82) is 0 Å². The molecular formula is C36H45NO5. The Kier molecular flexibility index (Phi) is 14.4. The smallest absolute Gasteiger partial charge is 0.337 e. The number of benzene rings is 3. The van der Waals surface area contributed by atoms with Crippen molar-refractivity contribution in [3.63, 3.8) is 0 Å². The summed E-state index contributed by atoms with van der Waals surface area (Å²) in [7, 11) is 3.32. The monoisotopic (exact) mass is 571 g/mol. The van der Waals surface area contributed by atoms with Gasteiger partial charge in [-0.05, 0) is 94.3 Å². The van der Waals surface area contributed by atoms with Gasteiger partial charge in [-0.25, -0.2) is 4.79 Å². The van der Waals surface area contributed by atoms with Crippen LogP contribution >= 0.6 is 0 Å². The molecule has 3 rings (SSSR count). The van der Waals surface area contributed by atoms with E-state index in [-0.39, 0.29) is 24.4 Å². The molecule has 0 aromatic heterocycles. The van der Waals surface area contributed by atoms with E-state index in [0.717, 1.165) is 61.9 Å². The van der Waals surface area contributed by atoms with E-state index < -0.39 is 0 Å². The molecule has 3 aromatic rings. The van der Waals surface area contributed by atoms with Gasteiger partial charge in [0.15, 0.2) is 0 Å². The molecule has 0 N–H and O–H groups in total. The van der Waals surface area contributed by atoms with E-state index in [0.29, 0.717) is 18.8 Å². The van der Waals surface area contributed by atoms with Crippen molar-refractivity contribution in [3.05, 3.63) is 107 Å². The average Bonchev–Trinajstić information content (AvgIpc) is 3.01. The second kappa shape index (κ2) is 18.5. The molecule has 0 amide bonds. The van der Waals surface area contributed by atoms with Crippen molar-refractivity contribution in [2.24, 2.45) is 5.92 Å². The number of esters is 2. The molecule has 1 unspecified atom stereocenters. The maximum absolute atomic E-state index is 11.9. The largest absolute Gasteiger partial charge is 0.493 e. The molecule has 0 radical (unpaired) electrons. The van der Waals surface area contributed by atoms with E-state index in [4.69, 9.17) is 14.2 Å². The SMILES string of the molecule is CCOC(=O)CN(C)CCC(C=Cc1ccccc1OCCCCCc1ccccc1)Cc1ccc(C(=O)OC)cc1. The quantitative estimate of drug-likeness (QED) is 0.121. The van der Waals surface area contributed by atoms with Gasteiger partial charge in [0, 0.05) is 5.56 Å². The van der Waals surface area contributed by atoms with Crippen LogP contribution in [0.2, 0.25) is 0 Å². The van der Waals surface area contributed by atoms with Crippen molar-refractivity contribution in [2.45, 2.75) is 45.4 Å². The van der Waals surface area contributed by atoms with Crippen LogP contribution in [0.3, 0.4) is 0 Å². The highest BCUT2D eigenvalue weighted by Gasteiger charge is 2.13. The number of aryl methyl sites for hydroxylation is 1. The molecule has 42 heavy (non-hydrogen) atoms. The number of hydrogen-bond acceptors (Lipinski definition) is 6. The fourth-order valence-electron chi connectivity index (χ4n) is 4.78. The predicted molar refractivity (Wildman–Crippen MR) is 169 cm³/mol. The Morgan fingerprint density at radius 3 is 2.36 bits per heavy atom. The number of methoxy groups -OCH3 is 1. The number of carbonyl (C=O) groups is 2. The summed E-state index contributed by atoms with van der Waals surface area (Å²) in [6, 6.07) is 26.3. The lowest BCUT2D eigenvalue weighted by molar-refractivity contribution is -0.144. The minimum absolute atomic E-state index is 0.211. The van der Waals surface area contributed by atoms with E-state index in [1.54, 1.807) is 12.1 Å². The van der Waals surface area contributed by atoms with Crippen LogP contribution in [0.15, 0.2) is 84.9 Å². The second-order valence-corrected chi connectivity index (χ2v) is 10.5. The molecular weight excluding hydrogens is 526 g/mol. The second-order valence-electron chi connectivity index (χ2n) is 10.5. The lowest BCUT2D eigenvalue weighted by Gasteiger charge is -2.19. The van der Waals surface area contributed by atoms with Gasteiger partial charge in [-0.1, -0.05) is 72.8 Å². The van der Waals surface area contributed by atoms with E-state index in [1.807, 2.05) is 49.2 Å². The lowest BCUT2D eigenvalue weighted by atomic mass is 9.94. The van der Waals surface area contributed by atoms with Crippen LogP contribution in [0.25, 0.3) is 6.08 Å². The third kappa shape index (κ3) is 11.9. The van der Waals surface area contributed by atoms with Gasteiger partial charge < -0.3 is 14.2 Å². The van der Waals surface area contributed by atoms with Crippen LogP contribution in [0.5, 0.6) is 5.75 Å². The summed E-state index contributed by atoms with van der Waals surface area (Å²) in [5.74, 6) is 0.546. The minimum atomic E-state index is -0.341. The molecule has 6 heteroatoms. The number of allylic oxidation sites excluding steroid dienone is 1. The maximum atomic E-state index is 11.9. The fraction of sp³-hybridized carbons (Fsp3) is 0.389. The first kappa shape index (κ1) is 32.6. The van der Waals surface area contributed by atoms with Gasteiger partial charge >= 0.3 is 11.9 Å². The van der Waals surface area contributed by atoms with Gasteiger partial charge in [0.25, 0.3) is 0 Å². The topological polar surface area (TPSA) is 65.1 Å². The molecule has 3 aromatic carbocycles. The number of hydrogen-bond donors (Lipinski definition) is 0. The zero-order valence-electron chi connectivity index (χ0n) is 25.3. The molecule has 0 fully saturated rings. The first-order chi connectivity index (χ1) is 20.5. The van der Waals surface area contributed by atoms with Crippen LogP contribution in [0, 0.1) is 5.92 Å². The maximum Gasteiger partial charge on any atom is 0.337 e. The third-order valence-electron chi connectivity index (χ3n) is 7.14. The summed E-state index contributed by atoms with van der Waals surface area (Å²) in [5, 5.41) is 0. The Labute approximate surface area is 251 Å². The highest BCUT2D eigenvalue weighted by Crippen LogP contribution is 2.23. The van der Waals surface area contributed by atoms with E-state index in [1.165, 1.54) is 12.7 Å². The summed E-state index contributed by atoms with van der Waals surface area (Å²) in [5.41, 5.74) is 4.10. The van der Waals surface area contributed by atoms with Gasteiger partial charge in [0.05, 0.1) is 32.4 Å². The summed E-state index contributed by atoms with van der Waals surface area (Å²) in [6.45, 7) is 3.90. The Morgan fingerprint density at radius 1 is 0.881 bits per heavy atom. The summed E-state index contributed by atoms with van der Waals surface area (Å²) in [4.78, 5) is 25.8. The van der Waals surface area contributed by atoms with Gasteiger partial charge in [0.2, 0.25) is 0 Å². The van der Waals surface area contributed by atoms with E-state index in [9.17, 15) is 9.59 Å². The number of unbranched alkanes of at least 4 members (excludes halogenated alkanes) is 2. The van der Waals surface area contributed by atoms with E-state index >= 15 is 0 Å². The van der Waals surface area contributed by atoms with Gasteiger partial charge in [0.1, 0.15) is 5.75 Å². The van der Waals surface area contributed by atoms with Gasteiger partial charge in [-0.3, -0.25) is 9.69 Å². The Balaban J connectivity index is 1.60. The van der Waals surface area contributed by atoms with Crippen LogP contribution < -0.4 is 4.74 Å². The van der Waals surface area contributed by atoms with Crippen molar-refractivity contribution in [3.8, 4) is 5.75 Å². The third-order valence-corrected chi connectivity index (χ3v) is 7.14. The molecule has 0 spiro atoms. The molecule has 0 aliphatic rings. The zero-order valence-corrected chi connectivity index (χ0v) is 25.3. The van der Waals surface area contributed by atoms with Crippen molar-refractivity contribution < 1.29 is 23.8 Å². The van der Waals surface area contributed by atoms with Crippen molar-refractivity contribution in [1.82, 2.24) is 4.90 Å². The molecule has 0 heterocycles. The molecule has 0 aliphatic carbocycles. The summed E-state index contributed by atoms with van der Waals surface area (Å²) < 4.78 is 16.1. The first-order valence-electron chi connectivity index (χ1n) is 14.9. The molecule has 224 valence electrons. The summed E-state index contributed by atoms with van der Waals surface area (Å²) >= 11 is 0. The number of likely N-dealkylation sites (N-methyl/N-ethyl adjacent to an activating group) is 1. The molecule has 1 atom stereocenters. The Bertz CT molecular complexity index is 1240. The fourth-order valence-corrected chi connectivity index (χ4v) is 4.78. The normalized spacial score (nSPS) is 11.9. The number of ether oxygens (including phenoxy) is 3. The Morgan fingerprint density at radius 2 is 1.62 bits per heavy atom. The minimum Gasteiger partial charge on any atom is -0.493 e. The summed E-state index contributed by atoms with van der Waals surface area (Å²) in [6.07, 6.45) is 10.4. The number of carbonyl (C=O) groups excluding carboxylic acids is 2. The van der Waals surface area contributed by atoms with Crippen LogP contribution in [-0.2, 0) is 27.1 Å². The van der Waals surface area contributed by atoms with Crippen molar-refractivity contribution >= 4 is 18.0 Å². The highest BCUT2D eigenvalue weighted by atomic mass is 16.5. The molecule has 0 bridgehead atoms. The predicted octanol–water partition coefficient (Wildman–Crippen LogP) is 7.02. The standard InChI is InChI=1S/C36H45NO5/c1-4-41-35(38)28-37(2)25-24-31(27-30-19-22-33(23-20-30)36(39)40-3)18-21-32-16-10-11-17-34(32)42-26-12-6-9-15-29-13-7-5-8-14-29/h5,7-8,10-11,13-14,16-23,31H,4,6,9,12,15,24-28H2,1-3H3. The molecule has 0 aliphatic heterocycles. The van der Waals surface area contributed by atoms with Crippen LogP contribution in [-0.4, -0.2) is 57.3 Å². The lowest BCUT2D eigenvalue weighted by Crippen LogP contribution is -2.29. The van der Waals surface area contributed by atoms with Crippen molar-refractivity contribution in [2.75, 3.05) is 40.5 Å². The average molecular weight is 572 g/mol. The van der Waals surface area contributed by atoms with Crippen LogP contribution in [0.4, 0.5) is 0 Å². The zero-order chi connectivity index (χ0) is 30.0. The van der Waals surface area contributed by atoms with Gasteiger partial charge in [-0.15, -0.1) is 0 Å². The number of para-hydroxylation sites is 1. The molecule has 6 nitrogen and oxygen atoms in total. The number of rotatable bonds is 18. The molecule has 0 saturated heterocycles. The van der Waals surface area contributed by atoms with E-state index in [2.05, 4.69) is 48.6 Å². The van der Waals surface area contributed by atoms with Gasteiger partial charge in [-0.2, -0.15) is 0 Å².